The van der Waals surface area contributed by atoms with E-state index in [1.165, 1.54) is 0 Å². The number of aromatic nitrogens is 2. The lowest BCUT2D eigenvalue weighted by Crippen LogP contribution is -2.25. The minimum absolute atomic E-state index is 0.00898. The molecule has 1 amide bonds. The average molecular weight is 356 g/mol. The zero-order valence-electron chi connectivity index (χ0n) is 13.6. The van der Waals surface area contributed by atoms with Crippen molar-refractivity contribution >= 4 is 17.5 Å². The summed E-state index contributed by atoms with van der Waals surface area (Å²) in [6.45, 7) is 0.456. The number of rotatable bonds is 7. The lowest BCUT2D eigenvalue weighted by Gasteiger charge is -2.03. The number of nitrogens with one attached hydrogen (secondary N) is 1. The van der Waals surface area contributed by atoms with Crippen LogP contribution in [0, 0.1) is 0 Å². The van der Waals surface area contributed by atoms with Gasteiger partial charge in [0, 0.05) is 19.4 Å². The molecule has 1 heterocycles. The number of nitrogens with zero attached hydrogens (tertiary/aromatic N) is 2. The highest BCUT2D eigenvalue weighted by Crippen LogP contribution is 2.26. The molecule has 0 aliphatic rings. The minimum atomic E-state index is 0.00898. The van der Waals surface area contributed by atoms with Crippen molar-refractivity contribution in [1.82, 2.24) is 15.5 Å². The molecule has 128 valence electrons. The first kappa shape index (κ1) is 17.2. The average Bonchev–Trinajstić information content (AvgIpc) is 3.10. The third kappa shape index (κ3) is 4.90. The van der Waals surface area contributed by atoms with Gasteiger partial charge in [0.2, 0.25) is 17.7 Å². The Bertz CT molecular complexity index is 833. The molecule has 0 saturated heterocycles. The van der Waals surface area contributed by atoms with Crippen LogP contribution in [0.2, 0.25) is 5.02 Å². The van der Waals surface area contributed by atoms with E-state index >= 15 is 0 Å². The first-order valence-electron chi connectivity index (χ1n) is 8.10. The van der Waals surface area contributed by atoms with Gasteiger partial charge < -0.3 is 9.73 Å². The number of halogens is 1. The Morgan fingerprint density at radius 1 is 1.00 bits per heavy atom. The van der Waals surface area contributed by atoms with Crippen LogP contribution in [0.15, 0.2) is 59.0 Å². The fourth-order valence-corrected chi connectivity index (χ4v) is 2.61. The molecule has 6 heteroatoms. The van der Waals surface area contributed by atoms with Crippen molar-refractivity contribution in [3.8, 4) is 11.5 Å². The molecule has 0 aliphatic heterocycles. The number of amides is 1. The normalized spacial score (nSPS) is 10.6. The molecule has 0 saturated carbocycles. The summed E-state index contributed by atoms with van der Waals surface area (Å²) in [5, 5.41) is 11.4. The molecule has 2 aromatic carbocycles. The van der Waals surface area contributed by atoms with E-state index in [0.717, 1.165) is 12.0 Å². The summed E-state index contributed by atoms with van der Waals surface area (Å²) in [5.74, 6) is 0.865. The first-order valence-corrected chi connectivity index (χ1v) is 8.48. The maximum atomic E-state index is 11.9. The first-order chi connectivity index (χ1) is 12.2. The SMILES string of the molecule is O=C(CCc1ccccc1)NCCc1nnc(-c2ccccc2Cl)o1. The van der Waals surface area contributed by atoms with E-state index in [9.17, 15) is 4.79 Å². The maximum absolute atomic E-state index is 11.9. The van der Waals surface area contributed by atoms with Gasteiger partial charge in [-0.1, -0.05) is 54.1 Å². The van der Waals surface area contributed by atoms with Crippen LogP contribution in [-0.4, -0.2) is 22.6 Å². The van der Waals surface area contributed by atoms with Crippen LogP contribution >= 0.6 is 11.6 Å². The molecule has 3 rings (SSSR count). The summed E-state index contributed by atoms with van der Waals surface area (Å²) in [5.41, 5.74) is 1.86. The Kier molecular flexibility index (Phi) is 5.80. The molecule has 5 nitrogen and oxygen atoms in total. The van der Waals surface area contributed by atoms with E-state index in [2.05, 4.69) is 15.5 Å². The van der Waals surface area contributed by atoms with Crippen LogP contribution < -0.4 is 5.32 Å². The van der Waals surface area contributed by atoms with Crippen LogP contribution in [0.25, 0.3) is 11.5 Å². The Labute approximate surface area is 151 Å². The van der Waals surface area contributed by atoms with E-state index in [1.807, 2.05) is 48.5 Å². The van der Waals surface area contributed by atoms with Crippen LogP contribution in [0.1, 0.15) is 17.9 Å². The second-order valence-corrected chi connectivity index (χ2v) is 5.97. The van der Waals surface area contributed by atoms with Gasteiger partial charge >= 0.3 is 0 Å². The van der Waals surface area contributed by atoms with Gasteiger partial charge in [0.15, 0.2) is 0 Å². The fraction of sp³-hybridized carbons (Fsp3) is 0.211. The zero-order valence-corrected chi connectivity index (χ0v) is 14.4. The Morgan fingerprint density at radius 2 is 1.76 bits per heavy atom. The van der Waals surface area contributed by atoms with Gasteiger partial charge in [-0.05, 0) is 24.1 Å². The highest BCUT2D eigenvalue weighted by Gasteiger charge is 2.11. The van der Waals surface area contributed by atoms with Gasteiger partial charge in [-0.25, -0.2) is 0 Å². The van der Waals surface area contributed by atoms with Crippen molar-refractivity contribution in [2.75, 3.05) is 6.54 Å². The lowest BCUT2D eigenvalue weighted by atomic mass is 10.1. The van der Waals surface area contributed by atoms with E-state index in [0.29, 0.717) is 41.8 Å². The van der Waals surface area contributed by atoms with E-state index < -0.39 is 0 Å². The maximum Gasteiger partial charge on any atom is 0.249 e. The summed E-state index contributed by atoms with van der Waals surface area (Å²) in [6, 6.07) is 17.2. The standard InChI is InChI=1S/C19H18ClN3O2/c20-16-9-5-4-8-15(16)19-23-22-18(25-19)12-13-21-17(24)11-10-14-6-2-1-3-7-14/h1-9H,10-13H2,(H,21,24). The summed E-state index contributed by atoms with van der Waals surface area (Å²) in [7, 11) is 0. The molecule has 0 atom stereocenters. The predicted molar refractivity (Wildman–Crippen MR) is 96.2 cm³/mol. The molecule has 3 aromatic rings. The van der Waals surface area contributed by atoms with Crippen molar-refractivity contribution in [2.45, 2.75) is 19.3 Å². The van der Waals surface area contributed by atoms with Gasteiger partial charge in [-0.3, -0.25) is 4.79 Å². The predicted octanol–water partition coefficient (Wildman–Crippen LogP) is 3.68. The van der Waals surface area contributed by atoms with E-state index in [4.69, 9.17) is 16.0 Å². The van der Waals surface area contributed by atoms with Crippen LogP contribution in [0.3, 0.4) is 0 Å². The van der Waals surface area contributed by atoms with Crippen molar-refractivity contribution in [2.24, 2.45) is 0 Å². The monoisotopic (exact) mass is 355 g/mol. The molecule has 25 heavy (non-hydrogen) atoms. The number of benzene rings is 2. The summed E-state index contributed by atoms with van der Waals surface area (Å²) in [6.07, 6.45) is 1.66. The van der Waals surface area contributed by atoms with Gasteiger partial charge in [0.25, 0.3) is 0 Å². The van der Waals surface area contributed by atoms with Crippen LogP contribution in [0.4, 0.5) is 0 Å². The third-order valence-corrected chi connectivity index (χ3v) is 4.05. The summed E-state index contributed by atoms with van der Waals surface area (Å²) >= 11 is 6.11. The molecular formula is C19H18ClN3O2. The minimum Gasteiger partial charge on any atom is -0.421 e. The lowest BCUT2D eigenvalue weighted by molar-refractivity contribution is -0.121. The third-order valence-electron chi connectivity index (χ3n) is 3.72. The molecule has 0 spiro atoms. The van der Waals surface area contributed by atoms with Crippen molar-refractivity contribution in [3.63, 3.8) is 0 Å². The van der Waals surface area contributed by atoms with E-state index in [1.54, 1.807) is 6.07 Å². The number of carbonyl (C=O) groups is 1. The second kappa shape index (κ2) is 8.44. The Balaban J connectivity index is 1.45. The highest BCUT2D eigenvalue weighted by molar-refractivity contribution is 6.33. The molecule has 0 aliphatic carbocycles. The number of aryl methyl sites for hydroxylation is 1. The number of hydrogen-bond donors (Lipinski definition) is 1. The van der Waals surface area contributed by atoms with Crippen LogP contribution in [0.5, 0.6) is 0 Å². The van der Waals surface area contributed by atoms with Crippen molar-refractivity contribution in [1.29, 1.82) is 0 Å². The van der Waals surface area contributed by atoms with E-state index in [-0.39, 0.29) is 5.91 Å². The number of carbonyl (C=O) groups excluding carboxylic acids is 1. The molecule has 0 bridgehead atoms. The zero-order chi connectivity index (χ0) is 17.5. The quantitative estimate of drug-likeness (QED) is 0.702. The fourth-order valence-electron chi connectivity index (χ4n) is 2.40. The number of hydrogen-bond acceptors (Lipinski definition) is 4. The topological polar surface area (TPSA) is 68.0 Å². The Hall–Kier alpha value is -2.66. The largest absolute Gasteiger partial charge is 0.421 e. The van der Waals surface area contributed by atoms with Gasteiger partial charge in [-0.15, -0.1) is 10.2 Å². The highest BCUT2D eigenvalue weighted by atomic mass is 35.5. The summed E-state index contributed by atoms with van der Waals surface area (Å²) in [4.78, 5) is 11.9. The van der Waals surface area contributed by atoms with Gasteiger partial charge in [0.05, 0.1) is 10.6 Å². The van der Waals surface area contributed by atoms with Crippen LogP contribution in [-0.2, 0) is 17.6 Å². The molecule has 1 aromatic heterocycles. The Morgan fingerprint density at radius 3 is 2.56 bits per heavy atom. The van der Waals surface area contributed by atoms with Crippen molar-refractivity contribution < 1.29 is 9.21 Å². The molecule has 0 fully saturated rings. The van der Waals surface area contributed by atoms with Crippen molar-refractivity contribution in [3.05, 3.63) is 71.1 Å². The molecule has 0 unspecified atom stereocenters. The molecular weight excluding hydrogens is 338 g/mol. The molecule has 0 radical (unpaired) electrons. The smallest absolute Gasteiger partial charge is 0.249 e. The van der Waals surface area contributed by atoms with Gasteiger partial charge in [-0.2, -0.15) is 0 Å². The molecule has 1 N–H and O–H groups in total. The van der Waals surface area contributed by atoms with Gasteiger partial charge in [0.1, 0.15) is 0 Å². The second-order valence-electron chi connectivity index (χ2n) is 5.57. The summed E-state index contributed by atoms with van der Waals surface area (Å²) < 4.78 is 5.60.